The van der Waals surface area contributed by atoms with Crippen molar-refractivity contribution in [2.45, 2.75) is 13.1 Å². The van der Waals surface area contributed by atoms with Crippen molar-refractivity contribution in [3.63, 3.8) is 0 Å². The van der Waals surface area contributed by atoms with E-state index in [9.17, 15) is 0 Å². The first kappa shape index (κ1) is 12.4. The number of ether oxygens (including phenoxy) is 1. The van der Waals surface area contributed by atoms with Gasteiger partial charge >= 0.3 is 6.01 Å². The molecular weight excluding hydrogens is 232 g/mol. The lowest BCUT2D eigenvalue weighted by atomic mass is 10.2. The molecule has 0 spiro atoms. The van der Waals surface area contributed by atoms with Crippen LogP contribution < -0.4 is 15.4 Å². The Labute approximate surface area is 105 Å². The van der Waals surface area contributed by atoms with Gasteiger partial charge in [-0.05, 0) is 24.7 Å². The highest BCUT2D eigenvalue weighted by molar-refractivity contribution is 5.31. The van der Waals surface area contributed by atoms with Crippen molar-refractivity contribution >= 4 is 6.01 Å². The molecule has 0 aliphatic carbocycles. The molecule has 1 aromatic heterocycles. The molecule has 0 saturated carbocycles. The number of nitrogens with one attached hydrogen (secondary N) is 2. The van der Waals surface area contributed by atoms with Crippen molar-refractivity contribution in [3.05, 3.63) is 35.7 Å². The maximum absolute atomic E-state index is 5.38. The molecule has 2 rings (SSSR count). The second-order valence-corrected chi connectivity index (χ2v) is 3.74. The van der Waals surface area contributed by atoms with Gasteiger partial charge < -0.3 is 19.8 Å². The first-order valence-electron chi connectivity index (χ1n) is 5.65. The molecule has 0 aliphatic rings. The Kier molecular flexibility index (Phi) is 4.14. The summed E-state index contributed by atoms with van der Waals surface area (Å²) < 4.78 is 10.5. The summed E-state index contributed by atoms with van der Waals surface area (Å²) in [5.74, 6) is 1.39. The fraction of sp³-hybridized carbons (Fsp3) is 0.333. The molecule has 0 unspecified atom stereocenters. The highest BCUT2D eigenvalue weighted by atomic mass is 16.5. The standard InChI is InChI=1S/C12H16N4O2/c1-13-8-11-15-16-12(18-11)14-7-9-4-3-5-10(6-9)17-2/h3-6,13H,7-8H2,1-2H3,(H,14,16). The molecule has 0 saturated heterocycles. The van der Waals surface area contributed by atoms with Gasteiger partial charge in [0.25, 0.3) is 0 Å². The van der Waals surface area contributed by atoms with Crippen molar-refractivity contribution in [1.82, 2.24) is 15.5 Å². The largest absolute Gasteiger partial charge is 0.497 e. The van der Waals surface area contributed by atoms with E-state index in [0.29, 0.717) is 25.0 Å². The quantitative estimate of drug-likeness (QED) is 0.805. The topological polar surface area (TPSA) is 72.2 Å². The number of rotatable bonds is 6. The average Bonchev–Trinajstić information content (AvgIpc) is 2.85. The van der Waals surface area contributed by atoms with Gasteiger partial charge in [-0.25, -0.2) is 0 Å². The summed E-state index contributed by atoms with van der Waals surface area (Å²) >= 11 is 0. The summed E-state index contributed by atoms with van der Waals surface area (Å²) in [7, 11) is 3.47. The number of hydrogen-bond donors (Lipinski definition) is 2. The van der Waals surface area contributed by atoms with Crippen LogP contribution in [-0.2, 0) is 13.1 Å². The van der Waals surface area contributed by atoms with Crippen LogP contribution in [0.2, 0.25) is 0 Å². The Morgan fingerprint density at radius 1 is 1.28 bits per heavy atom. The lowest BCUT2D eigenvalue weighted by Crippen LogP contribution is -2.04. The lowest BCUT2D eigenvalue weighted by Gasteiger charge is -2.04. The second-order valence-electron chi connectivity index (χ2n) is 3.74. The van der Waals surface area contributed by atoms with Crippen LogP contribution >= 0.6 is 0 Å². The Hall–Kier alpha value is -2.08. The van der Waals surface area contributed by atoms with Crippen LogP contribution in [0.25, 0.3) is 0 Å². The van der Waals surface area contributed by atoms with Gasteiger partial charge in [-0.1, -0.05) is 17.2 Å². The van der Waals surface area contributed by atoms with Gasteiger partial charge in [0.05, 0.1) is 13.7 Å². The van der Waals surface area contributed by atoms with Crippen LogP contribution in [0.15, 0.2) is 28.7 Å². The molecule has 0 atom stereocenters. The highest BCUT2D eigenvalue weighted by Gasteiger charge is 2.04. The number of anilines is 1. The van der Waals surface area contributed by atoms with Crippen LogP contribution in [0, 0.1) is 0 Å². The fourth-order valence-corrected chi connectivity index (χ4v) is 1.51. The number of hydrogen-bond acceptors (Lipinski definition) is 6. The number of benzene rings is 1. The average molecular weight is 248 g/mol. The van der Waals surface area contributed by atoms with Crippen molar-refractivity contribution in [1.29, 1.82) is 0 Å². The summed E-state index contributed by atoms with van der Waals surface area (Å²) in [5, 5.41) is 13.8. The molecule has 2 aromatic rings. The minimum Gasteiger partial charge on any atom is -0.497 e. The van der Waals surface area contributed by atoms with E-state index in [2.05, 4.69) is 20.8 Å². The number of aromatic nitrogens is 2. The van der Waals surface area contributed by atoms with Gasteiger partial charge in [0.2, 0.25) is 5.89 Å². The van der Waals surface area contributed by atoms with Crippen molar-refractivity contribution in [2.24, 2.45) is 0 Å². The van der Waals surface area contributed by atoms with Crippen LogP contribution in [0.1, 0.15) is 11.5 Å². The van der Waals surface area contributed by atoms with Gasteiger partial charge in [0.15, 0.2) is 0 Å². The van der Waals surface area contributed by atoms with Crippen molar-refractivity contribution in [2.75, 3.05) is 19.5 Å². The predicted octanol–water partition coefficient (Wildman–Crippen LogP) is 1.41. The van der Waals surface area contributed by atoms with Crippen LogP contribution in [0.3, 0.4) is 0 Å². The van der Waals surface area contributed by atoms with E-state index in [1.165, 1.54) is 0 Å². The van der Waals surface area contributed by atoms with Gasteiger partial charge in [-0.2, -0.15) is 0 Å². The zero-order chi connectivity index (χ0) is 12.8. The van der Waals surface area contributed by atoms with Crippen LogP contribution in [0.4, 0.5) is 6.01 Å². The third-order valence-corrected chi connectivity index (χ3v) is 2.37. The Morgan fingerprint density at radius 2 is 2.17 bits per heavy atom. The van der Waals surface area contributed by atoms with Crippen molar-refractivity contribution < 1.29 is 9.15 Å². The van der Waals surface area contributed by atoms with Crippen molar-refractivity contribution in [3.8, 4) is 5.75 Å². The molecule has 2 N–H and O–H groups in total. The molecule has 6 nitrogen and oxygen atoms in total. The minimum atomic E-state index is 0.420. The second kappa shape index (κ2) is 6.02. The third-order valence-electron chi connectivity index (χ3n) is 2.37. The summed E-state index contributed by atoms with van der Waals surface area (Å²) in [4.78, 5) is 0. The Bertz CT molecular complexity index is 498. The summed E-state index contributed by atoms with van der Waals surface area (Å²) in [6.07, 6.45) is 0. The van der Waals surface area contributed by atoms with Gasteiger partial charge in [0, 0.05) is 6.54 Å². The molecule has 0 fully saturated rings. The first-order chi connectivity index (χ1) is 8.81. The van der Waals surface area contributed by atoms with Gasteiger partial charge in [0.1, 0.15) is 5.75 Å². The molecule has 18 heavy (non-hydrogen) atoms. The van der Waals surface area contributed by atoms with E-state index in [0.717, 1.165) is 11.3 Å². The predicted molar refractivity (Wildman–Crippen MR) is 67.4 cm³/mol. The molecule has 0 aliphatic heterocycles. The zero-order valence-corrected chi connectivity index (χ0v) is 10.4. The third kappa shape index (κ3) is 3.21. The molecule has 0 radical (unpaired) electrons. The molecule has 1 aromatic carbocycles. The molecule has 1 heterocycles. The zero-order valence-electron chi connectivity index (χ0n) is 10.4. The molecular formula is C12H16N4O2. The molecule has 0 amide bonds. The van der Waals surface area contributed by atoms with E-state index >= 15 is 0 Å². The van der Waals surface area contributed by atoms with Crippen LogP contribution in [0.5, 0.6) is 5.75 Å². The monoisotopic (exact) mass is 248 g/mol. The van der Waals surface area contributed by atoms with E-state index in [-0.39, 0.29) is 0 Å². The van der Waals surface area contributed by atoms with E-state index < -0.39 is 0 Å². The summed E-state index contributed by atoms with van der Waals surface area (Å²) in [5.41, 5.74) is 1.09. The molecule has 6 heteroatoms. The maximum Gasteiger partial charge on any atom is 0.315 e. The Balaban J connectivity index is 1.93. The fourth-order valence-electron chi connectivity index (χ4n) is 1.51. The van der Waals surface area contributed by atoms with Gasteiger partial charge in [-0.3, -0.25) is 0 Å². The van der Waals surface area contributed by atoms with E-state index in [1.54, 1.807) is 7.11 Å². The van der Waals surface area contributed by atoms with Crippen LogP contribution in [-0.4, -0.2) is 24.4 Å². The highest BCUT2D eigenvalue weighted by Crippen LogP contribution is 2.14. The molecule has 0 bridgehead atoms. The normalized spacial score (nSPS) is 10.3. The summed E-state index contributed by atoms with van der Waals surface area (Å²) in [6.45, 7) is 1.17. The minimum absolute atomic E-state index is 0.420. The SMILES string of the molecule is CNCc1nnc(NCc2cccc(OC)c2)o1. The molecule has 96 valence electrons. The smallest absolute Gasteiger partial charge is 0.315 e. The van der Waals surface area contributed by atoms with Gasteiger partial charge in [-0.15, -0.1) is 5.10 Å². The van der Waals surface area contributed by atoms with E-state index in [4.69, 9.17) is 9.15 Å². The summed E-state index contributed by atoms with van der Waals surface area (Å²) in [6, 6.07) is 8.22. The van der Waals surface area contributed by atoms with E-state index in [1.807, 2.05) is 31.3 Å². The number of methoxy groups -OCH3 is 1. The first-order valence-corrected chi connectivity index (χ1v) is 5.65. The lowest BCUT2D eigenvalue weighted by molar-refractivity contribution is 0.414. The number of nitrogens with zero attached hydrogens (tertiary/aromatic N) is 2. The maximum atomic E-state index is 5.38. The Morgan fingerprint density at radius 3 is 2.94 bits per heavy atom.